The van der Waals surface area contributed by atoms with Crippen molar-refractivity contribution in [1.82, 2.24) is 0 Å². The zero-order chi connectivity index (χ0) is 14.0. The molecule has 0 aromatic heterocycles. The van der Waals surface area contributed by atoms with Crippen molar-refractivity contribution in [3.05, 3.63) is 36.5 Å². The Labute approximate surface area is 111 Å². The Hall–Kier alpha value is -1.31. The van der Waals surface area contributed by atoms with Gasteiger partial charge in [-0.25, -0.2) is 0 Å². The fraction of sp³-hybridized carbons (Fsp3) is 0.562. The van der Waals surface area contributed by atoms with Gasteiger partial charge in [0.15, 0.2) is 0 Å². The van der Waals surface area contributed by atoms with E-state index in [2.05, 4.69) is 33.1 Å². The molecule has 18 heavy (non-hydrogen) atoms. The summed E-state index contributed by atoms with van der Waals surface area (Å²) in [6.45, 7) is 13.9. The number of ether oxygens (including phenoxy) is 1. The van der Waals surface area contributed by atoms with Crippen LogP contribution < -0.4 is 0 Å². The molecule has 0 rings (SSSR count). The highest BCUT2D eigenvalue weighted by atomic mass is 16.5. The number of hydrogen-bond donors (Lipinski definition) is 0. The third-order valence-corrected chi connectivity index (χ3v) is 2.97. The highest BCUT2D eigenvalue weighted by Gasteiger charge is 2.07. The molecule has 2 nitrogen and oxygen atoms in total. The van der Waals surface area contributed by atoms with Gasteiger partial charge in [0.1, 0.15) is 0 Å². The van der Waals surface area contributed by atoms with E-state index in [0.717, 1.165) is 25.7 Å². The molecule has 0 fully saturated rings. The van der Waals surface area contributed by atoms with E-state index in [1.54, 1.807) is 0 Å². The van der Waals surface area contributed by atoms with E-state index in [-0.39, 0.29) is 5.97 Å². The first-order chi connectivity index (χ1) is 8.47. The number of rotatable bonds is 9. The summed E-state index contributed by atoms with van der Waals surface area (Å²) in [6.07, 6.45) is 8.13. The molecule has 2 heteroatoms. The average molecular weight is 250 g/mol. The summed E-state index contributed by atoms with van der Waals surface area (Å²) in [7, 11) is 0. The van der Waals surface area contributed by atoms with E-state index in [1.807, 2.05) is 6.08 Å². The van der Waals surface area contributed by atoms with Gasteiger partial charge in [-0.2, -0.15) is 0 Å². The predicted molar refractivity (Wildman–Crippen MR) is 77.4 cm³/mol. The van der Waals surface area contributed by atoms with Gasteiger partial charge in [0, 0.05) is 13.3 Å². The van der Waals surface area contributed by atoms with Crippen LogP contribution >= 0.6 is 0 Å². The van der Waals surface area contributed by atoms with E-state index in [0.29, 0.717) is 12.5 Å². The Balaban J connectivity index is 4.09. The van der Waals surface area contributed by atoms with Crippen LogP contribution in [0, 0.1) is 5.92 Å². The van der Waals surface area contributed by atoms with Crippen LogP contribution in [0.3, 0.4) is 0 Å². The van der Waals surface area contributed by atoms with Crippen molar-refractivity contribution < 1.29 is 9.53 Å². The number of esters is 1. The van der Waals surface area contributed by atoms with Gasteiger partial charge in [0.2, 0.25) is 0 Å². The maximum atomic E-state index is 10.6. The fourth-order valence-corrected chi connectivity index (χ4v) is 1.69. The molecule has 0 bridgehead atoms. The topological polar surface area (TPSA) is 26.3 Å². The molecule has 0 aliphatic rings. The van der Waals surface area contributed by atoms with Gasteiger partial charge in [-0.15, -0.1) is 6.58 Å². The summed E-state index contributed by atoms with van der Waals surface area (Å²) < 4.78 is 4.92. The van der Waals surface area contributed by atoms with Crippen molar-refractivity contribution in [3.63, 3.8) is 0 Å². The van der Waals surface area contributed by atoms with Gasteiger partial charge in [-0.05, 0) is 39.0 Å². The minimum atomic E-state index is -0.214. The SMILES string of the molecule is C=CCC[C@H](CC=C(C)CCOC(C)=O)C(=C)C. The molecule has 1 atom stereocenters. The van der Waals surface area contributed by atoms with Gasteiger partial charge >= 0.3 is 5.97 Å². The third-order valence-electron chi connectivity index (χ3n) is 2.97. The summed E-state index contributed by atoms with van der Waals surface area (Å²) in [6, 6.07) is 0. The maximum absolute atomic E-state index is 10.6. The third kappa shape index (κ3) is 8.80. The van der Waals surface area contributed by atoms with Gasteiger partial charge < -0.3 is 4.74 Å². The average Bonchev–Trinajstić information content (AvgIpc) is 2.28. The van der Waals surface area contributed by atoms with E-state index < -0.39 is 0 Å². The largest absolute Gasteiger partial charge is 0.466 e. The van der Waals surface area contributed by atoms with Gasteiger partial charge in [0.05, 0.1) is 6.61 Å². The summed E-state index contributed by atoms with van der Waals surface area (Å²) in [5, 5.41) is 0. The Bertz CT molecular complexity index is 313. The van der Waals surface area contributed by atoms with E-state index >= 15 is 0 Å². The standard InChI is InChI=1S/C16H26O2/c1-6-7-8-16(13(2)3)10-9-14(4)11-12-18-15(5)17/h6,9,16H,1-2,7-8,10-12H2,3-5H3/t16-/m1/s1. The quantitative estimate of drug-likeness (QED) is 0.447. The molecule has 102 valence electrons. The Morgan fingerprint density at radius 2 is 2.00 bits per heavy atom. The minimum Gasteiger partial charge on any atom is -0.466 e. The molecule has 0 saturated carbocycles. The highest BCUT2D eigenvalue weighted by Crippen LogP contribution is 2.21. The van der Waals surface area contributed by atoms with Crippen molar-refractivity contribution >= 4 is 5.97 Å². The van der Waals surface area contributed by atoms with E-state index in [4.69, 9.17) is 4.74 Å². The Morgan fingerprint density at radius 3 is 2.50 bits per heavy atom. The lowest BCUT2D eigenvalue weighted by molar-refractivity contribution is -0.140. The summed E-state index contributed by atoms with van der Waals surface area (Å²) >= 11 is 0. The smallest absolute Gasteiger partial charge is 0.302 e. The van der Waals surface area contributed by atoms with Crippen LogP contribution in [0.1, 0.15) is 46.5 Å². The van der Waals surface area contributed by atoms with Gasteiger partial charge in [0.25, 0.3) is 0 Å². The van der Waals surface area contributed by atoms with Crippen LogP contribution in [0.5, 0.6) is 0 Å². The van der Waals surface area contributed by atoms with Crippen LogP contribution in [0.4, 0.5) is 0 Å². The molecule has 0 aromatic rings. The first-order valence-electron chi connectivity index (χ1n) is 6.52. The normalized spacial score (nSPS) is 12.9. The molecule has 0 amide bonds. The lowest BCUT2D eigenvalue weighted by Crippen LogP contribution is -2.02. The second kappa shape index (κ2) is 9.69. The molecule has 0 spiro atoms. The number of hydrogen-bond acceptors (Lipinski definition) is 2. The van der Waals surface area contributed by atoms with Crippen molar-refractivity contribution in [3.8, 4) is 0 Å². The van der Waals surface area contributed by atoms with Gasteiger partial charge in [-0.1, -0.05) is 29.9 Å². The molecule has 0 aliphatic carbocycles. The van der Waals surface area contributed by atoms with Crippen LogP contribution in [0.25, 0.3) is 0 Å². The van der Waals surface area contributed by atoms with Crippen LogP contribution in [-0.2, 0) is 9.53 Å². The number of allylic oxidation sites excluding steroid dienone is 3. The molecule has 0 heterocycles. The van der Waals surface area contributed by atoms with Crippen molar-refractivity contribution in [1.29, 1.82) is 0 Å². The summed E-state index contributed by atoms with van der Waals surface area (Å²) in [4.78, 5) is 10.6. The molecule has 0 saturated heterocycles. The highest BCUT2D eigenvalue weighted by molar-refractivity contribution is 5.65. The predicted octanol–water partition coefficient (Wildman–Crippen LogP) is 4.43. The summed E-state index contributed by atoms with van der Waals surface area (Å²) in [5.74, 6) is 0.306. The van der Waals surface area contributed by atoms with Crippen LogP contribution in [0.2, 0.25) is 0 Å². The lowest BCUT2D eigenvalue weighted by atomic mass is 9.92. The second-order valence-electron chi connectivity index (χ2n) is 4.79. The molecule has 0 aromatic carbocycles. The first-order valence-corrected chi connectivity index (χ1v) is 6.52. The van der Waals surface area contributed by atoms with Crippen molar-refractivity contribution in [2.24, 2.45) is 5.92 Å². The second-order valence-corrected chi connectivity index (χ2v) is 4.79. The van der Waals surface area contributed by atoms with Gasteiger partial charge in [-0.3, -0.25) is 4.79 Å². The minimum absolute atomic E-state index is 0.214. The fourth-order valence-electron chi connectivity index (χ4n) is 1.69. The molecule has 0 unspecified atom stereocenters. The van der Waals surface area contributed by atoms with E-state index in [1.165, 1.54) is 18.1 Å². The zero-order valence-corrected chi connectivity index (χ0v) is 12.0. The van der Waals surface area contributed by atoms with E-state index in [9.17, 15) is 4.79 Å². The van der Waals surface area contributed by atoms with Crippen LogP contribution in [0.15, 0.2) is 36.5 Å². The zero-order valence-electron chi connectivity index (χ0n) is 12.0. The molecule has 0 N–H and O–H groups in total. The van der Waals surface area contributed by atoms with Crippen LogP contribution in [-0.4, -0.2) is 12.6 Å². The first kappa shape index (κ1) is 16.7. The molecular formula is C16H26O2. The maximum Gasteiger partial charge on any atom is 0.302 e. The van der Waals surface area contributed by atoms with Crippen molar-refractivity contribution in [2.75, 3.05) is 6.61 Å². The monoisotopic (exact) mass is 250 g/mol. The Morgan fingerprint density at radius 1 is 1.33 bits per heavy atom. The Kier molecular flexibility index (Phi) is 8.99. The van der Waals surface area contributed by atoms with Crippen molar-refractivity contribution in [2.45, 2.75) is 46.5 Å². The number of carbonyl (C=O) groups is 1. The summed E-state index contributed by atoms with van der Waals surface area (Å²) in [5.41, 5.74) is 2.49. The molecule has 0 radical (unpaired) electrons. The molecular weight excluding hydrogens is 224 g/mol. The number of carbonyl (C=O) groups excluding carboxylic acids is 1. The lowest BCUT2D eigenvalue weighted by Gasteiger charge is -2.14. The molecule has 0 aliphatic heterocycles.